The van der Waals surface area contributed by atoms with Crippen molar-refractivity contribution in [3.8, 4) is 0 Å². The lowest BCUT2D eigenvalue weighted by molar-refractivity contribution is 0.0168. The first kappa shape index (κ1) is 23.9. The summed E-state index contributed by atoms with van der Waals surface area (Å²) in [5, 5.41) is 6.59. The topological polar surface area (TPSA) is 64.1 Å². The van der Waals surface area contributed by atoms with E-state index < -0.39 is 0 Å². The van der Waals surface area contributed by atoms with Gasteiger partial charge < -0.3 is 24.8 Å². The van der Waals surface area contributed by atoms with E-state index >= 15 is 0 Å². The second-order valence-corrected chi connectivity index (χ2v) is 5.81. The van der Waals surface area contributed by atoms with E-state index in [2.05, 4.69) is 22.5 Å². The number of unbranched alkanes of at least 4 members (excludes halogenated alkanes) is 1. The standard InChI is InChI=1S/C17H35N3O3.HI/c1-3-4-11-21-12-6-9-19-17(18-2)20-10-7-13-22-15-16-8-5-14-23-16;/h16H,3-15H2,1-2H3,(H2,18,19,20);1H. The molecule has 0 aromatic rings. The van der Waals surface area contributed by atoms with E-state index in [0.717, 1.165) is 77.8 Å². The molecule has 1 rings (SSSR count). The van der Waals surface area contributed by atoms with Crippen molar-refractivity contribution in [2.24, 2.45) is 4.99 Å². The van der Waals surface area contributed by atoms with Crippen LogP contribution in [-0.4, -0.2) is 65.2 Å². The average Bonchev–Trinajstić information content (AvgIpc) is 3.08. The van der Waals surface area contributed by atoms with Gasteiger partial charge in [0.15, 0.2) is 5.96 Å². The van der Waals surface area contributed by atoms with E-state index in [9.17, 15) is 0 Å². The first-order chi connectivity index (χ1) is 11.4. The molecule has 1 unspecified atom stereocenters. The van der Waals surface area contributed by atoms with Gasteiger partial charge in [-0.1, -0.05) is 13.3 Å². The molecule has 1 aliphatic rings. The Hall–Kier alpha value is -0.120. The van der Waals surface area contributed by atoms with Crippen LogP contribution < -0.4 is 10.6 Å². The van der Waals surface area contributed by atoms with Gasteiger partial charge in [-0.25, -0.2) is 0 Å². The highest BCUT2D eigenvalue weighted by molar-refractivity contribution is 14.0. The number of hydrogen-bond acceptors (Lipinski definition) is 4. The molecule has 6 nitrogen and oxygen atoms in total. The highest BCUT2D eigenvalue weighted by atomic mass is 127. The fraction of sp³-hybridized carbons (Fsp3) is 0.941. The number of nitrogens with one attached hydrogen (secondary N) is 2. The molecule has 2 N–H and O–H groups in total. The van der Waals surface area contributed by atoms with Crippen molar-refractivity contribution < 1.29 is 14.2 Å². The lowest BCUT2D eigenvalue weighted by Gasteiger charge is -2.13. The predicted molar refractivity (Wildman–Crippen MR) is 110 cm³/mol. The summed E-state index contributed by atoms with van der Waals surface area (Å²) in [6.07, 6.45) is 6.91. The van der Waals surface area contributed by atoms with E-state index in [1.807, 2.05) is 0 Å². The third-order valence-corrected chi connectivity index (χ3v) is 3.71. The summed E-state index contributed by atoms with van der Waals surface area (Å²) in [6.45, 7) is 7.96. The first-order valence-electron chi connectivity index (χ1n) is 9.08. The lowest BCUT2D eigenvalue weighted by Crippen LogP contribution is -2.38. The van der Waals surface area contributed by atoms with Crippen molar-refractivity contribution in [1.82, 2.24) is 10.6 Å². The van der Waals surface area contributed by atoms with Crippen molar-refractivity contribution in [3.63, 3.8) is 0 Å². The van der Waals surface area contributed by atoms with Crippen LogP contribution >= 0.6 is 24.0 Å². The number of ether oxygens (including phenoxy) is 3. The van der Waals surface area contributed by atoms with Gasteiger partial charge in [-0.15, -0.1) is 24.0 Å². The lowest BCUT2D eigenvalue weighted by atomic mass is 10.2. The van der Waals surface area contributed by atoms with Gasteiger partial charge in [-0.05, 0) is 32.1 Å². The largest absolute Gasteiger partial charge is 0.381 e. The molecule has 7 heteroatoms. The summed E-state index contributed by atoms with van der Waals surface area (Å²) in [4.78, 5) is 4.21. The van der Waals surface area contributed by atoms with Gasteiger partial charge in [-0.3, -0.25) is 4.99 Å². The van der Waals surface area contributed by atoms with E-state index in [-0.39, 0.29) is 24.0 Å². The van der Waals surface area contributed by atoms with Crippen LogP contribution in [0.4, 0.5) is 0 Å². The molecule has 0 radical (unpaired) electrons. The minimum atomic E-state index is 0. The van der Waals surface area contributed by atoms with Gasteiger partial charge >= 0.3 is 0 Å². The highest BCUT2D eigenvalue weighted by Gasteiger charge is 2.14. The molecule has 0 aliphatic carbocycles. The smallest absolute Gasteiger partial charge is 0.190 e. The molecule has 1 saturated heterocycles. The van der Waals surface area contributed by atoms with Gasteiger partial charge in [0.1, 0.15) is 0 Å². The van der Waals surface area contributed by atoms with Gasteiger partial charge in [0.2, 0.25) is 0 Å². The molecule has 1 aliphatic heterocycles. The molecule has 0 aromatic carbocycles. The zero-order valence-electron chi connectivity index (χ0n) is 15.3. The van der Waals surface area contributed by atoms with Crippen LogP contribution in [0.15, 0.2) is 4.99 Å². The van der Waals surface area contributed by atoms with Crippen LogP contribution in [0.25, 0.3) is 0 Å². The molecule has 0 spiro atoms. The first-order valence-corrected chi connectivity index (χ1v) is 9.08. The summed E-state index contributed by atoms with van der Waals surface area (Å²) in [6, 6.07) is 0. The van der Waals surface area contributed by atoms with Crippen molar-refractivity contribution in [1.29, 1.82) is 0 Å². The maximum Gasteiger partial charge on any atom is 0.190 e. The number of nitrogens with zero attached hydrogens (tertiary/aromatic N) is 1. The Balaban J connectivity index is 0.00000529. The van der Waals surface area contributed by atoms with Gasteiger partial charge in [0.05, 0.1) is 12.7 Å². The van der Waals surface area contributed by atoms with E-state index in [1.165, 1.54) is 12.8 Å². The van der Waals surface area contributed by atoms with Crippen molar-refractivity contribution in [3.05, 3.63) is 0 Å². The Morgan fingerprint density at radius 2 is 1.75 bits per heavy atom. The number of hydrogen-bond donors (Lipinski definition) is 2. The fourth-order valence-corrected chi connectivity index (χ4v) is 2.32. The monoisotopic (exact) mass is 457 g/mol. The second kappa shape index (κ2) is 17.7. The number of halogens is 1. The molecule has 0 aromatic heterocycles. The van der Waals surface area contributed by atoms with Gasteiger partial charge in [-0.2, -0.15) is 0 Å². The molecule has 0 saturated carbocycles. The summed E-state index contributed by atoms with van der Waals surface area (Å²) >= 11 is 0. The summed E-state index contributed by atoms with van der Waals surface area (Å²) < 4.78 is 16.7. The third-order valence-electron chi connectivity index (χ3n) is 3.71. The van der Waals surface area contributed by atoms with Crippen LogP contribution in [0, 0.1) is 0 Å². The van der Waals surface area contributed by atoms with Crippen molar-refractivity contribution in [2.45, 2.75) is 51.6 Å². The Morgan fingerprint density at radius 1 is 1.08 bits per heavy atom. The number of rotatable bonds is 13. The van der Waals surface area contributed by atoms with Crippen LogP contribution in [0.1, 0.15) is 45.4 Å². The minimum absolute atomic E-state index is 0. The van der Waals surface area contributed by atoms with Crippen LogP contribution in [-0.2, 0) is 14.2 Å². The molecule has 1 atom stereocenters. The van der Waals surface area contributed by atoms with Crippen LogP contribution in [0.5, 0.6) is 0 Å². The third kappa shape index (κ3) is 13.2. The van der Waals surface area contributed by atoms with E-state index in [4.69, 9.17) is 14.2 Å². The van der Waals surface area contributed by atoms with Gasteiger partial charge in [0, 0.05) is 46.6 Å². The Morgan fingerprint density at radius 3 is 2.33 bits per heavy atom. The molecule has 1 fully saturated rings. The minimum Gasteiger partial charge on any atom is -0.381 e. The van der Waals surface area contributed by atoms with Crippen LogP contribution in [0.3, 0.4) is 0 Å². The highest BCUT2D eigenvalue weighted by Crippen LogP contribution is 2.11. The quantitative estimate of drug-likeness (QED) is 0.193. The molecular weight excluding hydrogens is 421 g/mol. The average molecular weight is 457 g/mol. The Bertz CT molecular complexity index is 301. The maximum absolute atomic E-state index is 5.64. The summed E-state index contributed by atoms with van der Waals surface area (Å²) in [5.41, 5.74) is 0. The predicted octanol–water partition coefficient (Wildman–Crippen LogP) is 2.56. The molecule has 0 bridgehead atoms. The summed E-state index contributed by atoms with van der Waals surface area (Å²) in [5.74, 6) is 0.845. The zero-order valence-corrected chi connectivity index (χ0v) is 17.7. The summed E-state index contributed by atoms with van der Waals surface area (Å²) in [7, 11) is 1.79. The van der Waals surface area contributed by atoms with Crippen molar-refractivity contribution in [2.75, 3.05) is 53.2 Å². The van der Waals surface area contributed by atoms with Gasteiger partial charge in [0.25, 0.3) is 0 Å². The zero-order chi connectivity index (χ0) is 16.6. The number of aliphatic imine (C=N–C) groups is 1. The number of guanidine groups is 1. The van der Waals surface area contributed by atoms with Crippen LogP contribution in [0.2, 0.25) is 0 Å². The second-order valence-electron chi connectivity index (χ2n) is 5.81. The maximum atomic E-state index is 5.64. The molecule has 1 heterocycles. The Kier molecular flexibility index (Phi) is 17.6. The molecular formula is C17H36IN3O3. The van der Waals surface area contributed by atoms with E-state index in [1.54, 1.807) is 7.05 Å². The Labute approximate surface area is 164 Å². The van der Waals surface area contributed by atoms with E-state index in [0.29, 0.717) is 6.10 Å². The molecule has 144 valence electrons. The molecule has 0 amide bonds. The SMILES string of the molecule is CCCCOCCCNC(=NC)NCCCOCC1CCCO1.I. The fourth-order valence-electron chi connectivity index (χ4n) is 2.32. The van der Waals surface area contributed by atoms with Crippen molar-refractivity contribution >= 4 is 29.9 Å². The normalized spacial score (nSPS) is 17.6. The molecule has 24 heavy (non-hydrogen) atoms.